The monoisotopic (exact) mass is 354 g/mol. The lowest BCUT2D eigenvalue weighted by Crippen LogP contribution is -2.22. The quantitative estimate of drug-likeness (QED) is 0.261. The third kappa shape index (κ3) is 6.07. The van der Waals surface area contributed by atoms with Gasteiger partial charge in [-0.05, 0) is 25.1 Å². The average molecular weight is 355 g/mol. The molecule has 0 bridgehead atoms. The van der Waals surface area contributed by atoms with Gasteiger partial charge in [0, 0.05) is 30.6 Å². The van der Waals surface area contributed by atoms with Crippen LogP contribution in [0.2, 0.25) is 0 Å². The molecule has 0 spiro atoms. The van der Waals surface area contributed by atoms with Crippen LogP contribution in [0.4, 0.5) is 8.78 Å². The predicted octanol–water partition coefficient (Wildman–Crippen LogP) is 2.62. The third-order valence-electron chi connectivity index (χ3n) is 3.16. The molecule has 0 radical (unpaired) electrons. The van der Waals surface area contributed by atoms with Crippen molar-refractivity contribution in [3.63, 3.8) is 0 Å². The van der Waals surface area contributed by atoms with Gasteiger partial charge in [0.2, 0.25) is 0 Å². The lowest BCUT2D eigenvalue weighted by Gasteiger charge is -2.12. The van der Waals surface area contributed by atoms with Gasteiger partial charge in [-0.2, -0.15) is 5.26 Å². The highest BCUT2D eigenvalue weighted by atomic mass is 35.5. The Morgan fingerprint density at radius 3 is 2.58 bits per heavy atom. The molecule has 0 aromatic heterocycles. The van der Waals surface area contributed by atoms with Gasteiger partial charge in [-0.25, -0.2) is 8.78 Å². The van der Waals surface area contributed by atoms with E-state index in [1.807, 2.05) is 6.07 Å². The van der Waals surface area contributed by atoms with Crippen LogP contribution in [0.1, 0.15) is 18.4 Å². The van der Waals surface area contributed by atoms with Gasteiger partial charge in [0.1, 0.15) is 16.8 Å². The number of carbonyl (C=O) groups excluding carboxylic acids is 1. The minimum Gasteiger partial charge on any atom is -0.371 e. The van der Waals surface area contributed by atoms with Gasteiger partial charge >= 0.3 is 0 Å². The molecule has 0 amide bonds. The van der Waals surface area contributed by atoms with Gasteiger partial charge in [-0.15, -0.1) is 0 Å². The summed E-state index contributed by atoms with van der Waals surface area (Å²) in [5.74, 6) is -1.42. The summed E-state index contributed by atoms with van der Waals surface area (Å²) in [6, 6.07) is 5.50. The Kier molecular flexibility index (Phi) is 8.61. The van der Waals surface area contributed by atoms with E-state index in [0.717, 1.165) is 12.1 Å². The predicted molar refractivity (Wildman–Crippen MR) is 87.6 cm³/mol. The number of nitrogens with zero attached hydrogens (tertiary/aromatic N) is 1. The summed E-state index contributed by atoms with van der Waals surface area (Å²) in [7, 11) is 0. The Morgan fingerprint density at radius 1 is 1.33 bits per heavy atom. The lowest BCUT2D eigenvalue weighted by atomic mass is 10.1. The van der Waals surface area contributed by atoms with E-state index < -0.39 is 11.6 Å². The highest BCUT2D eigenvalue weighted by Gasteiger charge is 2.13. The van der Waals surface area contributed by atoms with Crippen LogP contribution in [-0.4, -0.2) is 25.1 Å². The van der Waals surface area contributed by atoms with Crippen LogP contribution in [0, 0.1) is 28.4 Å². The number of hydrogen-bond acceptors (Lipinski definition) is 5. The van der Waals surface area contributed by atoms with Crippen molar-refractivity contribution in [1.29, 1.82) is 10.7 Å². The molecule has 0 saturated heterocycles. The van der Waals surface area contributed by atoms with Gasteiger partial charge in [0.05, 0.1) is 11.8 Å². The van der Waals surface area contributed by atoms with Gasteiger partial charge in [0.15, 0.2) is 6.29 Å². The molecular formula is C16H17ClF2N4O. The second-order valence-electron chi connectivity index (χ2n) is 4.79. The van der Waals surface area contributed by atoms with Gasteiger partial charge in [0.25, 0.3) is 0 Å². The Bertz CT molecular complexity index is 650. The molecule has 0 heterocycles. The summed E-state index contributed by atoms with van der Waals surface area (Å²) in [6.45, 7) is 0.664. The first-order valence-corrected chi connectivity index (χ1v) is 7.56. The average Bonchev–Trinajstić information content (AvgIpc) is 2.56. The molecule has 0 fully saturated rings. The fourth-order valence-electron chi connectivity index (χ4n) is 1.89. The first-order chi connectivity index (χ1) is 11.5. The highest BCUT2D eigenvalue weighted by molar-refractivity contribution is 6.40. The van der Waals surface area contributed by atoms with E-state index in [1.54, 1.807) is 0 Å². The number of hydrogen-bond donors (Lipinski definition) is 3. The maximum absolute atomic E-state index is 13.6. The van der Waals surface area contributed by atoms with Gasteiger partial charge in [-0.3, -0.25) is 10.2 Å². The molecule has 0 aliphatic carbocycles. The SMILES string of the molecule is N#CCCNCC/C(C(=N)C=O)=C(\Cl)NCc1c(F)cccc1F. The Labute approximate surface area is 143 Å². The third-order valence-corrected chi connectivity index (χ3v) is 3.52. The van der Waals surface area contributed by atoms with Crippen LogP contribution >= 0.6 is 11.6 Å². The second kappa shape index (κ2) is 10.5. The number of aldehydes is 1. The normalized spacial score (nSPS) is 11.4. The Hall–Kier alpha value is -2.30. The minimum atomic E-state index is -0.711. The first kappa shape index (κ1) is 19.7. The molecule has 1 rings (SSSR count). The zero-order valence-corrected chi connectivity index (χ0v) is 13.6. The molecule has 1 aromatic rings. The summed E-state index contributed by atoms with van der Waals surface area (Å²) in [6.07, 6.45) is 0.940. The molecule has 0 aliphatic rings. The molecule has 5 nitrogen and oxygen atoms in total. The number of rotatable bonds is 10. The fraction of sp³-hybridized carbons (Fsp3) is 0.312. The van der Waals surface area contributed by atoms with E-state index in [1.165, 1.54) is 6.07 Å². The van der Waals surface area contributed by atoms with Crippen LogP contribution in [0.15, 0.2) is 28.9 Å². The summed E-state index contributed by atoms with van der Waals surface area (Å²) >= 11 is 6.06. The largest absolute Gasteiger partial charge is 0.371 e. The smallest absolute Gasteiger partial charge is 0.168 e. The van der Waals surface area contributed by atoms with E-state index in [-0.39, 0.29) is 35.0 Å². The van der Waals surface area contributed by atoms with Crippen LogP contribution in [0.3, 0.4) is 0 Å². The summed E-state index contributed by atoms with van der Waals surface area (Å²) in [5, 5.41) is 21.7. The molecular weight excluding hydrogens is 338 g/mol. The Balaban J connectivity index is 2.76. The van der Waals surface area contributed by atoms with Crippen molar-refractivity contribution < 1.29 is 13.6 Å². The maximum atomic E-state index is 13.6. The van der Waals surface area contributed by atoms with Crippen molar-refractivity contribution in [2.24, 2.45) is 0 Å². The summed E-state index contributed by atoms with van der Waals surface area (Å²) in [5.41, 5.74) is -0.267. The zero-order valence-electron chi connectivity index (χ0n) is 12.8. The van der Waals surface area contributed by atoms with E-state index >= 15 is 0 Å². The van der Waals surface area contributed by atoms with Crippen molar-refractivity contribution in [2.75, 3.05) is 13.1 Å². The summed E-state index contributed by atoms with van der Waals surface area (Å²) in [4.78, 5) is 10.8. The standard InChI is InChI=1S/C16H17ClF2N4O/c17-16(23-9-12-13(18)3-1-4-14(12)19)11(15(21)10-24)5-8-22-7-2-6-20/h1,3-4,10,21-23H,2,5,7-9H2/b16-11-,21-15?. The van der Waals surface area contributed by atoms with Crippen LogP contribution in [0.25, 0.3) is 0 Å². The molecule has 0 aliphatic heterocycles. The number of benzene rings is 1. The lowest BCUT2D eigenvalue weighted by molar-refractivity contribution is -0.102. The maximum Gasteiger partial charge on any atom is 0.168 e. The molecule has 0 unspecified atom stereocenters. The van der Waals surface area contributed by atoms with E-state index in [0.29, 0.717) is 25.8 Å². The molecule has 8 heteroatoms. The fourth-order valence-corrected chi connectivity index (χ4v) is 2.15. The molecule has 24 heavy (non-hydrogen) atoms. The van der Waals surface area contributed by atoms with Crippen LogP contribution in [-0.2, 0) is 11.3 Å². The van der Waals surface area contributed by atoms with E-state index in [9.17, 15) is 13.6 Å². The van der Waals surface area contributed by atoms with Crippen molar-refractivity contribution in [3.05, 3.63) is 46.1 Å². The molecule has 128 valence electrons. The topological polar surface area (TPSA) is 88.8 Å². The van der Waals surface area contributed by atoms with E-state index in [2.05, 4.69) is 10.6 Å². The van der Waals surface area contributed by atoms with Crippen LogP contribution < -0.4 is 10.6 Å². The number of halogens is 3. The van der Waals surface area contributed by atoms with E-state index in [4.69, 9.17) is 22.3 Å². The molecule has 0 saturated carbocycles. The first-order valence-electron chi connectivity index (χ1n) is 7.18. The summed E-state index contributed by atoms with van der Waals surface area (Å²) < 4.78 is 27.1. The number of carbonyl (C=O) groups is 1. The van der Waals surface area contributed by atoms with Crippen molar-refractivity contribution in [3.8, 4) is 6.07 Å². The van der Waals surface area contributed by atoms with Crippen molar-refractivity contribution >= 4 is 23.6 Å². The van der Waals surface area contributed by atoms with Gasteiger partial charge < -0.3 is 10.6 Å². The minimum absolute atomic E-state index is 0.0168. The zero-order chi connectivity index (χ0) is 17.9. The van der Waals surface area contributed by atoms with Crippen LogP contribution in [0.5, 0.6) is 0 Å². The van der Waals surface area contributed by atoms with Gasteiger partial charge in [-0.1, -0.05) is 17.7 Å². The van der Waals surface area contributed by atoms with Crippen molar-refractivity contribution in [2.45, 2.75) is 19.4 Å². The second-order valence-corrected chi connectivity index (χ2v) is 5.16. The molecule has 1 aromatic carbocycles. The highest BCUT2D eigenvalue weighted by Crippen LogP contribution is 2.15. The molecule has 3 N–H and O–H groups in total. The number of nitriles is 1. The number of nitrogens with one attached hydrogen (secondary N) is 3. The Morgan fingerprint density at radius 2 is 2.00 bits per heavy atom. The molecule has 0 atom stereocenters. The van der Waals surface area contributed by atoms with Crippen molar-refractivity contribution in [1.82, 2.24) is 10.6 Å².